The first-order valence-electron chi connectivity index (χ1n) is 11.5. The van der Waals surface area contributed by atoms with Crippen LogP contribution in [-0.2, 0) is 6.42 Å². The van der Waals surface area contributed by atoms with Gasteiger partial charge in [0, 0.05) is 37.7 Å². The molecule has 0 aliphatic carbocycles. The van der Waals surface area contributed by atoms with Crippen LogP contribution in [0.1, 0.15) is 44.4 Å². The van der Waals surface area contributed by atoms with E-state index in [0.717, 1.165) is 60.9 Å². The lowest BCUT2D eigenvalue weighted by Gasteiger charge is -2.37. The van der Waals surface area contributed by atoms with Gasteiger partial charge in [0.1, 0.15) is 16.5 Å². The zero-order valence-corrected chi connectivity index (χ0v) is 20.6. The number of thiophene rings is 1. The first-order valence-corrected chi connectivity index (χ1v) is 12.3. The number of aryl methyl sites for hydroxylation is 1. The Hall–Kier alpha value is -2.47. The number of alkyl halides is 3. The first-order chi connectivity index (χ1) is 16.2. The fourth-order valence-corrected chi connectivity index (χ4v) is 5.61. The summed E-state index contributed by atoms with van der Waals surface area (Å²) in [6.45, 7) is 5.31. The number of halogens is 3. The van der Waals surface area contributed by atoms with Gasteiger partial charge in [-0.25, -0.2) is 4.98 Å². The van der Waals surface area contributed by atoms with Crippen molar-refractivity contribution in [3.8, 4) is 0 Å². The van der Waals surface area contributed by atoms with Gasteiger partial charge in [-0.05, 0) is 31.7 Å². The number of nitrogens with one attached hydrogen (secondary N) is 2. The van der Waals surface area contributed by atoms with Crippen molar-refractivity contribution >= 4 is 45.0 Å². The zero-order valence-electron chi connectivity index (χ0n) is 19.7. The quantitative estimate of drug-likeness (QED) is 0.419. The number of amidine groups is 2. The van der Waals surface area contributed by atoms with Crippen LogP contribution in [0.5, 0.6) is 0 Å². The van der Waals surface area contributed by atoms with E-state index in [1.807, 2.05) is 4.90 Å². The average molecular weight is 500 g/mol. The third-order valence-corrected chi connectivity index (χ3v) is 7.20. The zero-order chi connectivity index (χ0) is 25.0. The second-order valence-electron chi connectivity index (χ2n) is 8.29. The molecule has 0 spiro atoms. The van der Waals surface area contributed by atoms with Crippen molar-refractivity contribution in [3.63, 3.8) is 0 Å². The monoisotopic (exact) mass is 499 g/mol. The van der Waals surface area contributed by atoms with E-state index in [1.54, 1.807) is 11.3 Å². The van der Waals surface area contributed by atoms with Gasteiger partial charge in [-0.2, -0.15) is 18.2 Å². The van der Waals surface area contributed by atoms with Crippen LogP contribution in [0, 0.1) is 10.8 Å². The van der Waals surface area contributed by atoms with E-state index in [4.69, 9.17) is 25.9 Å². The number of nitrogens with zero attached hydrogens (tertiary/aromatic N) is 5. The third-order valence-electron chi connectivity index (χ3n) is 6.11. The van der Waals surface area contributed by atoms with Gasteiger partial charge in [0.05, 0.1) is 11.9 Å². The minimum Gasteiger partial charge on any atom is -0.400 e. The van der Waals surface area contributed by atoms with Gasteiger partial charge < -0.3 is 19.8 Å². The number of anilines is 2. The molecule has 12 heteroatoms. The number of aliphatic hydroxyl groups is 1. The molecule has 0 radical (unpaired) electrons. The Morgan fingerprint density at radius 2 is 1.94 bits per heavy atom. The Morgan fingerprint density at radius 3 is 2.56 bits per heavy atom. The number of rotatable bonds is 5. The predicted molar refractivity (Wildman–Crippen MR) is 131 cm³/mol. The first kappa shape index (κ1) is 26.1. The fourth-order valence-electron chi connectivity index (χ4n) is 4.49. The highest BCUT2D eigenvalue weighted by molar-refractivity contribution is 7.18. The van der Waals surface area contributed by atoms with Gasteiger partial charge >= 0.3 is 6.18 Å². The molecule has 2 fully saturated rings. The highest BCUT2D eigenvalue weighted by atomic mass is 32.1. The molecule has 3 N–H and O–H groups in total. The molecule has 2 aliphatic rings. The molecule has 4 heterocycles. The van der Waals surface area contributed by atoms with E-state index >= 15 is 0 Å². The van der Waals surface area contributed by atoms with E-state index in [2.05, 4.69) is 24.8 Å². The molecular formula is C22H32F3N7OS. The maximum absolute atomic E-state index is 13.0. The second-order valence-corrected chi connectivity index (χ2v) is 9.41. The van der Waals surface area contributed by atoms with Crippen LogP contribution in [0.15, 0.2) is 6.07 Å². The van der Waals surface area contributed by atoms with Crippen molar-refractivity contribution < 1.29 is 18.3 Å². The minimum absolute atomic E-state index is 0.0276. The molecule has 8 nitrogen and oxygen atoms in total. The van der Waals surface area contributed by atoms with Gasteiger partial charge in [0.15, 0.2) is 0 Å². The standard InChI is InChI=1S/C21H28F3N7S.CH4O/c1-3-6-14-11-15-17(29-9-10-31(16(25)12-29)19(26)21(22,23)24)27-20(28-18(15)32-14)30-8-5-7-13(30)4-2;1-2/h11,13,25-26H,3-10,12H2,1-2H3;2H,1H3. The van der Waals surface area contributed by atoms with E-state index < -0.39 is 12.0 Å². The van der Waals surface area contributed by atoms with Crippen LogP contribution >= 0.6 is 11.3 Å². The molecule has 0 aromatic carbocycles. The molecular weight excluding hydrogens is 467 g/mol. The molecule has 0 saturated carbocycles. The van der Waals surface area contributed by atoms with Gasteiger partial charge in [0.25, 0.3) is 0 Å². The number of piperazine rings is 1. The molecule has 2 aromatic rings. The highest BCUT2D eigenvalue weighted by Gasteiger charge is 2.41. The van der Waals surface area contributed by atoms with Crippen LogP contribution < -0.4 is 9.80 Å². The van der Waals surface area contributed by atoms with Crippen LogP contribution in [0.25, 0.3) is 10.2 Å². The van der Waals surface area contributed by atoms with Crippen molar-refractivity contribution in [1.29, 1.82) is 10.8 Å². The summed E-state index contributed by atoms with van der Waals surface area (Å²) in [5.41, 5.74) is 0. The van der Waals surface area contributed by atoms with E-state index in [-0.39, 0.29) is 25.5 Å². The van der Waals surface area contributed by atoms with Crippen molar-refractivity contribution in [2.45, 2.75) is 58.2 Å². The summed E-state index contributed by atoms with van der Waals surface area (Å²) in [7, 11) is 1.00. The topological polar surface area (TPSA) is 103 Å². The van der Waals surface area contributed by atoms with E-state index in [9.17, 15) is 13.2 Å². The molecule has 0 bridgehead atoms. The molecule has 2 aromatic heterocycles. The van der Waals surface area contributed by atoms with Crippen molar-refractivity contribution in [1.82, 2.24) is 14.9 Å². The van der Waals surface area contributed by atoms with Crippen LogP contribution in [0.4, 0.5) is 24.9 Å². The minimum atomic E-state index is -4.77. The van der Waals surface area contributed by atoms with E-state index in [1.165, 1.54) is 4.88 Å². The highest BCUT2D eigenvalue weighted by Crippen LogP contribution is 2.36. The number of hydrogen-bond acceptors (Lipinski definition) is 8. The van der Waals surface area contributed by atoms with E-state index in [0.29, 0.717) is 17.8 Å². The lowest BCUT2D eigenvalue weighted by atomic mass is 10.2. The van der Waals surface area contributed by atoms with Gasteiger partial charge in [-0.15, -0.1) is 11.3 Å². The normalized spacial score (nSPS) is 19.0. The summed E-state index contributed by atoms with van der Waals surface area (Å²) in [6, 6.07) is 2.47. The maximum Gasteiger partial charge on any atom is 0.449 e. The van der Waals surface area contributed by atoms with Crippen molar-refractivity contribution in [2.75, 3.05) is 43.1 Å². The number of fused-ring (bicyclic) bond motifs is 1. The van der Waals surface area contributed by atoms with Gasteiger partial charge in [-0.1, -0.05) is 20.3 Å². The maximum atomic E-state index is 13.0. The molecule has 2 saturated heterocycles. The van der Waals surface area contributed by atoms with Crippen LogP contribution in [0.2, 0.25) is 0 Å². The Bertz CT molecular complexity index is 1030. The molecule has 34 heavy (non-hydrogen) atoms. The summed E-state index contributed by atoms with van der Waals surface area (Å²) in [5, 5.41) is 23.5. The Morgan fingerprint density at radius 1 is 1.21 bits per heavy atom. The molecule has 188 valence electrons. The Labute approximate surface area is 201 Å². The molecule has 1 atom stereocenters. The molecule has 2 aliphatic heterocycles. The summed E-state index contributed by atoms with van der Waals surface area (Å²) in [4.78, 5) is 16.7. The average Bonchev–Trinajstić information content (AvgIpc) is 3.45. The van der Waals surface area contributed by atoms with Crippen LogP contribution in [0.3, 0.4) is 0 Å². The predicted octanol–water partition coefficient (Wildman–Crippen LogP) is 4.27. The van der Waals surface area contributed by atoms with Crippen molar-refractivity contribution in [2.24, 2.45) is 0 Å². The van der Waals surface area contributed by atoms with Gasteiger partial charge in [0.2, 0.25) is 11.8 Å². The number of aromatic nitrogens is 2. The fraction of sp³-hybridized carbons (Fsp3) is 0.636. The summed E-state index contributed by atoms with van der Waals surface area (Å²) >= 11 is 1.64. The smallest absolute Gasteiger partial charge is 0.400 e. The number of aliphatic hydroxyl groups excluding tert-OH is 1. The SMILES string of the molecule is CCCc1cc2c(N3CCN(C(=N)C(F)(F)F)C(=N)C3)nc(N3CCCC3CC)nc2s1.CO. The largest absolute Gasteiger partial charge is 0.449 e. The van der Waals surface area contributed by atoms with Gasteiger partial charge in [-0.3, -0.25) is 10.8 Å². The van der Waals surface area contributed by atoms with Crippen molar-refractivity contribution in [3.05, 3.63) is 10.9 Å². The van der Waals surface area contributed by atoms with Crippen LogP contribution in [-0.4, -0.2) is 77.2 Å². The molecule has 0 amide bonds. The lowest BCUT2D eigenvalue weighted by molar-refractivity contribution is -0.0671. The summed E-state index contributed by atoms with van der Waals surface area (Å²) in [6.07, 6.45) is 0.367. The summed E-state index contributed by atoms with van der Waals surface area (Å²) < 4.78 is 39.0. The third kappa shape index (κ3) is 5.27. The second kappa shape index (κ2) is 10.9. The summed E-state index contributed by atoms with van der Waals surface area (Å²) in [5.74, 6) is -0.394. The number of hydrogen-bond donors (Lipinski definition) is 3. The lowest BCUT2D eigenvalue weighted by Crippen LogP contribution is -2.55. The molecule has 4 rings (SSSR count). The Kier molecular flexibility index (Phi) is 8.34. The molecule has 1 unspecified atom stereocenters. The Balaban J connectivity index is 0.00000158.